The summed E-state index contributed by atoms with van der Waals surface area (Å²) in [6.45, 7) is 3.04. The monoisotopic (exact) mass is 376 g/mol. The number of amides is 1. The van der Waals surface area contributed by atoms with Crippen molar-refractivity contribution in [2.24, 2.45) is 0 Å². The van der Waals surface area contributed by atoms with Crippen LogP contribution in [0, 0.1) is 5.82 Å². The van der Waals surface area contributed by atoms with E-state index in [1.165, 1.54) is 17.7 Å². The summed E-state index contributed by atoms with van der Waals surface area (Å²) >= 11 is 0. The maximum absolute atomic E-state index is 13.3. The van der Waals surface area contributed by atoms with Crippen molar-refractivity contribution >= 4 is 5.91 Å². The smallest absolute Gasteiger partial charge is 0.271 e. The van der Waals surface area contributed by atoms with Gasteiger partial charge in [-0.1, -0.05) is 12.1 Å². The van der Waals surface area contributed by atoms with Crippen LogP contribution in [-0.2, 0) is 13.1 Å². The maximum atomic E-state index is 13.3. The molecule has 0 radical (unpaired) electrons. The van der Waals surface area contributed by atoms with Gasteiger partial charge in [0.15, 0.2) is 0 Å². The molecule has 1 saturated heterocycles. The van der Waals surface area contributed by atoms with E-state index in [0.717, 1.165) is 30.9 Å². The number of benzene rings is 1. The second-order valence-corrected chi connectivity index (χ2v) is 7.54. The first-order valence-electron chi connectivity index (χ1n) is 9.52. The molecule has 1 aromatic carbocycles. The number of nitrogens with zero attached hydrogens (tertiary/aromatic N) is 4. The third-order valence-corrected chi connectivity index (χ3v) is 5.77. The number of fused-ring (bicyclic) bond motifs is 3. The highest BCUT2D eigenvalue weighted by Gasteiger charge is 2.44. The fraction of sp³-hybridized carbons (Fsp3) is 0.273. The molecule has 5 rings (SSSR count). The van der Waals surface area contributed by atoms with Crippen LogP contribution in [0.25, 0.3) is 0 Å². The highest BCUT2D eigenvalue weighted by atomic mass is 19.1. The molecule has 0 N–H and O–H groups in total. The molecule has 2 aliphatic heterocycles. The lowest BCUT2D eigenvalue weighted by molar-refractivity contribution is 0.0556. The average Bonchev–Trinajstić information content (AvgIpc) is 3.34. The van der Waals surface area contributed by atoms with E-state index in [4.69, 9.17) is 0 Å². The third-order valence-electron chi connectivity index (χ3n) is 5.77. The highest BCUT2D eigenvalue weighted by Crippen LogP contribution is 2.35. The third kappa shape index (κ3) is 2.99. The zero-order valence-corrected chi connectivity index (χ0v) is 15.4. The Bertz CT molecular complexity index is 985. The number of pyridine rings is 1. The molecule has 1 fully saturated rings. The maximum Gasteiger partial charge on any atom is 0.271 e. The van der Waals surface area contributed by atoms with Gasteiger partial charge in [0.2, 0.25) is 0 Å². The zero-order chi connectivity index (χ0) is 19.1. The second-order valence-electron chi connectivity index (χ2n) is 7.54. The average molecular weight is 376 g/mol. The number of carbonyl (C=O) groups excluding carboxylic acids is 1. The van der Waals surface area contributed by atoms with Crippen molar-refractivity contribution in [1.29, 1.82) is 0 Å². The molecule has 6 heteroatoms. The van der Waals surface area contributed by atoms with E-state index in [0.29, 0.717) is 6.54 Å². The summed E-state index contributed by atoms with van der Waals surface area (Å²) in [5, 5.41) is 0. The molecule has 2 aromatic heterocycles. The van der Waals surface area contributed by atoms with Crippen molar-refractivity contribution < 1.29 is 9.18 Å². The molecular weight excluding hydrogens is 355 g/mol. The lowest BCUT2D eigenvalue weighted by Crippen LogP contribution is -2.49. The molecule has 0 saturated carbocycles. The van der Waals surface area contributed by atoms with Crippen molar-refractivity contribution in [1.82, 2.24) is 19.4 Å². The molecule has 0 unspecified atom stereocenters. The molecule has 2 atom stereocenters. The van der Waals surface area contributed by atoms with Gasteiger partial charge in [-0.25, -0.2) is 4.39 Å². The van der Waals surface area contributed by atoms with E-state index < -0.39 is 0 Å². The van der Waals surface area contributed by atoms with Crippen LogP contribution in [0.3, 0.4) is 0 Å². The Morgan fingerprint density at radius 3 is 2.43 bits per heavy atom. The Labute approximate surface area is 163 Å². The molecule has 1 amide bonds. The molecule has 0 bridgehead atoms. The summed E-state index contributed by atoms with van der Waals surface area (Å²) in [6.07, 6.45) is 5.63. The van der Waals surface area contributed by atoms with Crippen LogP contribution in [0.15, 0.2) is 67.1 Å². The minimum Gasteiger partial charge on any atom is -0.337 e. The van der Waals surface area contributed by atoms with Crippen LogP contribution in [0.1, 0.15) is 27.7 Å². The van der Waals surface area contributed by atoms with Crippen LogP contribution in [0.4, 0.5) is 4.39 Å². The molecule has 2 aliphatic rings. The minimum absolute atomic E-state index is 0.0429. The second kappa shape index (κ2) is 6.87. The van der Waals surface area contributed by atoms with Gasteiger partial charge in [0.1, 0.15) is 11.5 Å². The predicted molar refractivity (Wildman–Crippen MR) is 103 cm³/mol. The van der Waals surface area contributed by atoms with Gasteiger partial charge in [0.25, 0.3) is 5.91 Å². The Morgan fingerprint density at radius 2 is 1.64 bits per heavy atom. The molecule has 5 nitrogen and oxygen atoms in total. The van der Waals surface area contributed by atoms with Gasteiger partial charge in [0.05, 0.1) is 12.1 Å². The number of halogens is 1. The van der Waals surface area contributed by atoms with Gasteiger partial charge in [-0.2, -0.15) is 0 Å². The summed E-state index contributed by atoms with van der Waals surface area (Å²) in [5.41, 5.74) is 2.90. The number of aromatic nitrogens is 2. The Hall–Kier alpha value is -2.99. The van der Waals surface area contributed by atoms with Crippen LogP contribution < -0.4 is 0 Å². The number of hydrogen-bond acceptors (Lipinski definition) is 3. The van der Waals surface area contributed by atoms with E-state index >= 15 is 0 Å². The fourth-order valence-corrected chi connectivity index (χ4v) is 4.44. The van der Waals surface area contributed by atoms with Gasteiger partial charge in [0, 0.05) is 44.8 Å². The SMILES string of the molecule is O=C1c2cccn2[C@H]2CN(Cc3ccncc3)C[C@H]2N1Cc1ccc(F)cc1. The van der Waals surface area contributed by atoms with Crippen molar-refractivity contribution in [3.05, 3.63) is 89.8 Å². The van der Waals surface area contributed by atoms with E-state index in [-0.39, 0.29) is 23.8 Å². The Morgan fingerprint density at radius 1 is 0.929 bits per heavy atom. The van der Waals surface area contributed by atoms with E-state index in [1.54, 1.807) is 12.1 Å². The molecule has 4 heterocycles. The Kier molecular flexibility index (Phi) is 4.20. The quantitative estimate of drug-likeness (QED) is 0.703. The molecule has 142 valence electrons. The van der Waals surface area contributed by atoms with Crippen LogP contribution >= 0.6 is 0 Å². The molecule has 28 heavy (non-hydrogen) atoms. The van der Waals surface area contributed by atoms with Gasteiger partial charge in [-0.3, -0.25) is 14.7 Å². The van der Waals surface area contributed by atoms with Crippen molar-refractivity contribution in [2.75, 3.05) is 13.1 Å². The molecular formula is C22H21FN4O. The van der Waals surface area contributed by atoms with Gasteiger partial charge < -0.3 is 9.47 Å². The first-order chi connectivity index (χ1) is 13.7. The van der Waals surface area contributed by atoms with Crippen LogP contribution in [0.5, 0.6) is 0 Å². The number of rotatable bonds is 4. The molecule has 0 aliphatic carbocycles. The van der Waals surface area contributed by atoms with E-state index in [1.807, 2.05) is 47.8 Å². The number of hydrogen-bond donors (Lipinski definition) is 0. The number of likely N-dealkylation sites (tertiary alicyclic amines) is 1. The number of carbonyl (C=O) groups is 1. The van der Waals surface area contributed by atoms with Crippen molar-refractivity contribution in [2.45, 2.75) is 25.2 Å². The summed E-state index contributed by atoms with van der Waals surface area (Å²) in [4.78, 5) is 21.6. The van der Waals surface area contributed by atoms with Gasteiger partial charge in [-0.05, 0) is 47.5 Å². The van der Waals surface area contributed by atoms with Crippen molar-refractivity contribution in [3.8, 4) is 0 Å². The molecule has 3 aromatic rings. The van der Waals surface area contributed by atoms with Gasteiger partial charge in [-0.15, -0.1) is 0 Å². The largest absolute Gasteiger partial charge is 0.337 e. The summed E-state index contributed by atoms with van der Waals surface area (Å²) in [7, 11) is 0. The minimum atomic E-state index is -0.259. The van der Waals surface area contributed by atoms with E-state index in [9.17, 15) is 9.18 Å². The molecule has 0 spiro atoms. The van der Waals surface area contributed by atoms with Crippen LogP contribution in [-0.4, -0.2) is 44.4 Å². The highest BCUT2D eigenvalue weighted by molar-refractivity contribution is 5.94. The lowest BCUT2D eigenvalue weighted by Gasteiger charge is -2.38. The first kappa shape index (κ1) is 17.1. The van der Waals surface area contributed by atoms with Crippen LogP contribution in [0.2, 0.25) is 0 Å². The fourth-order valence-electron chi connectivity index (χ4n) is 4.44. The topological polar surface area (TPSA) is 41.4 Å². The zero-order valence-electron chi connectivity index (χ0n) is 15.4. The lowest BCUT2D eigenvalue weighted by atomic mass is 10.0. The normalized spacial score (nSPS) is 21.6. The van der Waals surface area contributed by atoms with Crippen molar-refractivity contribution in [3.63, 3.8) is 0 Å². The predicted octanol–water partition coefficient (Wildman–Crippen LogP) is 3.10. The van der Waals surface area contributed by atoms with E-state index in [2.05, 4.69) is 14.5 Å². The standard InChI is InChI=1S/C22H21FN4O/c23-18-5-3-16(4-6-18)13-27-21-15-25(12-17-7-9-24-10-8-17)14-20(21)26-11-1-2-19(26)22(27)28/h1-11,20-21H,12-15H2/t20-,21+/m0/s1. The summed E-state index contributed by atoms with van der Waals surface area (Å²) in [6, 6.07) is 14.6. The first-order valence-corrected chi connectivity index (χ1v) is 9.52. The summed E-state index contributed by atoms with van der Waals surface area (Å²) in [5.74, 6) is -0.216. The van der Waals surface area contributed by atoms with Gasteiger partial charge >= 0.3 is 0 Å². The summed E-state index contributed by atoms with van der Waals surface area (Å²) < 4.78 is 15.4. The Balaban J connectivity index is 1.43.